The number of hydrogen-bond acceptors (Lipinski definition) is 11. The second-order valence-corrected chi connectivity index (χ2v) is 16.6. The predicted molar refractivity (Wildman–Crippen MR) is 170 cm³/mol. The Bertz CT molecular complexity index is 1350. The van der Waals surface area contributed by atoms with Crippen molar-refractivity contribution in [3.63, 3.8) is 0 Å². The summed E-state index contributed by atoms with van der Waals surface area (Å²) in [5, 5.41) is 74.4. The Balaban J connectivity index is 1.50. The molecule has 0 aromatic heterocycles. The summed E-state index contributed by atoms with van der Waals surface area (Å²) in [7, 11) is 0. The van der Waals surface area contributed by atoms with Crippen molar-refractivity contribution in [2.24, 2.45) is 39.9 Å². The van der Waals surface area contributed by atoms with E-state index in [2.05, 4.69) is 26.5 Å². The molecule has 13 atom stereocenters. The van der Waals surface area contributed by atoms with E-state index >= 15 is 0 Å². The van der Waals surface area contributed by atoms with Gasteiger partial charge in [0.05, 0.1) is 23.7 Å². The van der Waals surface area contributed by atoms with Crippen molar-refractivity contribution < 1.29 is 54.8 Å². The topological polar surface area (TPSA) is 194 Å². The highest BCUT2D eigenvalue weighted by molar-refractivity contribution is 6.01. The molecular weight excluding hydrogens is 608 g/mol. The number of allylic oxidation sites excluding steroid dienone is 5. The van der Waals surface area contributed by atoms with E-state index in [4.69, 9.17) is 9.47 Å². The van der Waals surface area contributed by atoms with Crippen molar-refractivity contribution in [1.29, 1.82) is 0 Å². The first-order valence-electron chi connectivity index (χ1n) is 16.8. The number of hydrogen-bond donors (Lipinski definition) is 7. The number of carbonyl (C=O) groups excluding carboxylic acids is 2. The molecule has 0 radical (unpaired) electrons. The van der Waals surface area contributed by atoms with Crippen LogP contribution < -0.4 is 0 Å². The van der Waals surface area contributed by atoms with Gasteiger partial charge < -0.3 is 45.2 Å². The molecule has 5 aliphatic rings. The molecule has 47 heavy (non-hydrogen) atoms. The fourth-order valence-corrected chi connectivity index (χ4v) is 9.81. The average Bonchev–Trinajstić information content (AvgIpc) is 3.24. The molecule has 11 heteroatoms. The predicted octanol–water partition coefficient (Wildman–Crippen LogP) is 1.70. The van der Waals surface area contributed by atoms with Gasteiger partial charge in [0.2, 0.25) is 12.1 Å². The summed E-state index contributed by atoms with van der Waals surface area (Å²) in [6.07, 6.45) is -3.22. The van der Waals surface area contributed by atoms with Crippen molar-refractivity contribution in [3.8, 4) is 0 Å². The van der Waals surface area contributed by atoms with Crippen molar-refractivity contribution in [1.82, 2.24) is 0 Å². The SMILES string of the molecule is C=C1CC2C(C(C)(O)C(=O)CCC(C)(C)O)C(O)CC2(C)C2CC=C3C(C=C(OC4OC(CO)C(O)C(O)C4O)C(=O)C3(C)C)C12C. The van der Waals surface area contributed by atoms with E-state index in [-0.39, 0.29) is 42.1 Å². The molecule has 3 fully saturated rings. The minimum absolute atomic E-state index is 0.0233. The monoisotopic (exact) mass is 662 g/mol. The summed E-state index contributed by atoms with van der Waals surface area (Å²) in [5.74, 6) is -2.28. The van der Waals surface area contributed by atoms with Gasteiger partial charge in [-0.1, -0.05) is 37.6 Å². The Morgan fingerprint density at radius 2 is 1.70 bits per heavy atom. The lowest BCUT2D eigenvalue weighted by molar-refractivity contribution is -0.291. The molecule has 5 rings (SSSR count). The van der Waals surface area contributed by atoms with Crippen molar-refractivity contribution in [3.05, 3.63) is 35.6 Å². The van der Waals surface area contributed by atoms with Crippen LogP contribution in [0.2, 0.25) is 0 Å². The fourth-order valence-electron chi connectivity index (χ4n) is 9.81. The lowest BCUT2D eigenvalue weighted by Crippen LogP contribution is -2.60. The van der Waals surface area contributed by atoms with Crippen LogP contribution in [-0.4, -0.2) is 102 Å². The molecule has 4 aliphatic carbocycles. The zero-order chi connectivity index (χ0) is 35.2. The second-order valence-electron chi connectivity index (χ2n) is 16.6. The van der Waals surface area contributed by atoms with Gasteiger partial charge in [0.25, 0.3) is 0 Å². The molecule has 2 saturated carbocycles. The van der Waals surface area contributed by atoms with Crippen molar-refractivity contribution in [2.45, 2.75) is 129 Å². The van der Waals surface area contributed by atoms with Crippen LogP contribution in [0.25, 0.3) is 0 Å². The highest BCUT2D eigenvalue weighted by atomic mass is 16.7. The van der Waals surface area contributed by atoms with Crippen molar-refractivity contribution in [2.75, 3.05) is 6.61 Å². The maximum atomic E-state index is 13.9. The minimum Gasteiger partial charge on any atom is -0.459 e. The Kier molecular flexibility index (Phi) is 9.14. The van der Waals surface area contributed by atoms with E-state index in [1.807, 2.05) is 13.8 Å². The van der Waals surface area contributed by atoms with E-state index in [0.29, 0.717) is 19.3 Å². The molecule has 1 saturated heterocycles. The summed E-state index contributed by atoms with van der Waals surface area (Å²) in [6.45, 7) is 16.5. The van der Waals surface area contributed by atoms with Crippen LogP contribution in [0, 0.1) is 39.9 Å². The fraction of sp³-hybridized carbons (Fsp3) is 0.778. The Hall–Kier alpha value is -1.96. The van der Waals surface area contributed by atoms with E-state index in [1.54, 1.807) is 19.9 Å². The molecule has 0 amide bonds. The highest BCUT2D eigenvalue weighted by Crippen LogP contribution is 2.71. The van der Waals surface area contributed by atoms with E-state index in [1.165, 1.54) is 6.92 Å². The zero-order valence-corrected chi connectivity index (χ0v) is 28.6. The van der Waals surface area contributed by atoms with Crippen LogP contribution in [-0.2, 0) is 19.1 Å². The summed E-state index contributed by atoms with van der Waals surface area (Å²) < 4.78 is 11.6. The molecule has 1 aliphatic heterocycles. The zero-order valence-electron chi connectivity index (χ0n) is 28.6. The van der Waals surface area contributed by atoms with Crippen LogP contribution in [0.15, 0.2) is 35.6 Å². The number of ketones is 2. The smallest absolute Gasteiger partial charge is 0.229 e. The van der Waals surface area contributed by atoms with Crippen LogP contribution in [0.3, 0.4) is 0 Å². The van der Waals surface area contributed by atoms with Gasteiger partial charge in [-0.25, -0.2) is 0 Å². The van der Waals surface area contributed by atoms with Gasteiger partial charge in [-0.05, 0) is 83.6 Å². The van der Waals surface area contributed by atoms with Gasteiger partial charge in [-0.3, -0.25) is 9.59 Å². The van der Waals surface area contributed by atoms with Gasteiger partial charge in [0, 0.05) is 23.7 Å². The lowest BCUT2D eigenvalue weighted by atomic mass is 9.42. The number of fused-ring (bicyclic) bond motifs is 5. The van der Waals surface area contributed by atoms with Crippen LogP contribution >= 0.6 is 0 Å². The van der Waals surface area contributed by atoms with Gasteiger partial charge in [0.15, 0.2) is 11.5 Å². The van der Waals surface area contributed by atoms with Crippen molar-refractivity contribution >= 4 is 11.6 Å². The first-order chi connectivity index (χ1) is 21.5. The number of aliphatic hydroxyl groups excluding tert-OH is 5. The lowest BCUT2D eigenvalue weighted by Gasteiger charge is -2.62. The third-order valence-electron chi connectivity index (χ3n) is 12.7. The molecule has 0 bridgehead atoms. The molecule has 0 aromatic rings. The quantitative estimate of drug-likeness (QED) is 0.187. The van der Waals surface area contributed by atoms with Crippen LogP contribution in [0.4, 0.5) is 0 Å². The molecule has 11 nitrogen and oxygen atoms in total. The first-order valence-corrected chi connectivity index (χ1v) is 16.8. The molecule has 0 aromatic carbocycles. The summed E-state index contributed by atoms with van der Waals surface area (Å²) in [6, 6.07) is 0. The standard InChI is InChI=1S/C36H54O11/c1-17-13-20-26(36(8,45)25(39)11-12-32(2,3)44)21(38)15-34(20,6)24-10-9-18-19(35(17,24)7)14-22(30(43)33(18,4)5)46-31-29(42)28(41)27(40)23(16-37)47-31/h9,14,19-21,23-24,26-29,31,37-38,40-42,44-45H,1,10-13,15-16H2,2-8H3. The van der Waals surface area contributed by atoms with Gasteiger partial charge in [0.1, 0.15) is 30.0 Å². The average molecular weight is 663 g/mol. The number of carbonyl (C=O) groups is 2. The molecule has 1 heterocycles. The Morgan fingerprint density at radius 3 is 2.30 bits per heavy atom. The number of Topliss-reactive ketones (excluding diaryl/α,β-unsaturated/α-hetero) is 2. The van der Waals surface area contributed by atoms with E-state index in [9.17, 15) is 45.3 Å². The third kappa shape index (κ3) is 5.59. The highest BCUT2D eigenvalue weighted by Gasteiger charge is 2.68. The maximum absolute atomic E-state index is 13.9. The van der Waals surface area contributed by atoms with E-state index < -0.39 is 82.6 Å². The van der Waals surface area contributed by atoms with Crippen LogP contribution in [0.1, 0.15) is 80.6 Å². The first kappa shape index (κ1) is 36.3. The molecular formula is C36H54O11. The number of aliphatic hydroxyl groups is 7. The summed E-state index contributed by atoms with van der Waals surface area (Å²) >= 11 is 0. The van der Waals surface area contributed by atoms with E-state index in [0.717, 1.165) is 11.1 Å². The third-order valence-corrected chi connectivity index (χ3v) is 12.7. The number of rotatable bonds is 8. The second kappa shape index (κ2) is 11.8. The van der Waals surface area contributed by atoms with Gasteiger partial charge in [-0.2, -0.15) is 0 Å². The molecule has 0 spiro atoms. The normalized spacial score (nSPS) is 44.4. The van der Waals surface area contributed by atoms with Gasteiger partial charge in [-0.15, -0.1) is 0 Å². The molecule has 264 valence electrons. The number of ether oxygens (including phenoxy) is 2. The molecule has 7 N–H and O–H groups in total. The minimum atomic E-state index is -1.82. The van der Waals surface area contributed by atoms with Gasteiger partial charge >= 0.3 is 0 Å². The Labute approximate surface area is 277 Å². The largest absolute Gasteiger partial charge is 0.459 e. The summed E-state index contributed by atoms with van der Waals surface area (Å²) in [5.41, 5.74) is -3.27. The van der Waals surface area contributed by atoms with Crippen LogP contribution in [0.5, 0.6) is 0 Å². The maximum Gasteiger partial charge on any atom is 0.229 e. The summed E-state index contributed by atoms with van der Waals surface area (Å²) in [4.78, 5) is 27.3. The Morgan fingerprint density at radius 1 is 1.06 bits per heavy atom. The molecule has 13 unspecified atom stereocenters.